The van der Waals surface area contributed by atoms with Crippen LogP contribution in [0.1, 0.15) is 13.3 Å². The van der Waals surface area contributed by atoms with Crippen LogP contribution in [0.2, 0.25) is 5.02 Å². The standard InChI is InChI=1S/C12H17ClN2O4/c1-2-5-14-7-9(16)8-19-10-3-4-12(15(17)18)11(13)6-10/h3-4,6,9,14,16H,2,5,7-8H2,1H3. The smallest absolute Gasteiger partial charge is 0.288 e. The fraction of sp³-hybridized carbons (Fsp3) is 0.500. The Labute approximate surface area is 116 Å². The molecular formula is C12H17ClN2O4. The van der Waals surface area contributed by atoms with Gasteiger partial charge in [-0.3, -0.25) is 10.1 Å². The Balaban J connectivity index is 2.45. The minimum Gasteiger partial charge on any atom is -0.491 e. The summed E-state index contributed by atoms with van der Waals surface area (Å²) in [5, 5.41) is 23.3. The molecular weight excluding hydrogens is 272 g/mol. The average molecular weight is 289 g/mol. The predicted molar refractivity (Wildman–Crippen MR) is 72.8 cm³/mol. The molecule has 7 heteroatoms. The molecule has 0 heterocycles. The molecule has 0 saturated carbocycles. The van der Waals surface area contributed by atoms with Crippen LogP contribution in [0, 0.1) is 10.1 Å². The molecule has 0 aliphatic carbocycles. The van der Waals surface area contributed by atoms with Gasteiger partial charge < -0.3 is 15.2 Å². The Hall–Kier alpha value is -1.37. The van der Waals surface area contributed by atoms with Crippen LogP contribution in [0.4, 0.5) is 5.69 Å². The van der Waals surface area contributed by atoms with Gasteiger partial charge in [-0.05, 0) is 19.0 Å². The van der Waals surface area contributed by atoms with Crippen LogP contribution in [0.15, 0.2) is 18.2 Å². The lowest BCUT2D eigenvalue weighted by Gasteiger charge is -2.13. The third kappa shape index (κ3) is 5.42. The molecule has 0 aliphatic heterocycles. The van der Waals surface area contributed by atoms with Crippen molar-refractivity contribution in [3.63, 3.8) is 0 Å². The first-order valence-corrected chi connectivity index (χ1v) is 6.38. The van der Waals surface area contributed by atoms with E-state index in [1.165, 1.54) is 18.2 Å². The van der Waals surface area contributed by atoms with E-state index in [1.54, 1.807) is 0 Å². The zero-order chi connectivity index (χ0) is 14.3. The van der Waals surface area contributed by atoms with Gasteiger partial charge in [0.2, 0.25) is 0 Å². The van der Waals surface area contributed by atoms with Gasteiger partial charge in [-0.1, -0.05) is 18.5 Å². The molecule has 1 aromatic rings. The second-order valence-electron chi connectivity index (χ2n) is 4.04. The first-order chi connectivity index (χ1) is 9.04. The molecule has 1 aromatic carbocycles. The Kier molecular flexibility index (Phi) is 6.55. The maximum absolute atomic E-state index is 10.6. The number of rotatable bonds is 8. The highest BCUT2D eigenvalue weighted by atomic mass is 35.5. The summed E-state index contributed by atoms with van der Waals surface area (Å²) in [6, 6.07) is 4.10. The van der Waals surface area contributed by atoms with Crippen molar-refractivity contribution in [2.45, 2.75) is 19.4 Å². The molecule has 1 atom stereocenters. The molecule has 0 saturated heterocycles. The van der Waals surface area contributed by atoms with Gasteiger partial charge in [0.25, 0.3) is 5.69 Å². The summed E-state index contributed by atoms with van der Waals surface area (Å²) in [4.78, 5) is 10.0. The number of aliphatic hydroxyl groups is 1. The van der Waals surface area contributed by atoms with E-state index < -0.39 is 11.0 Å². The summed E-state index contributed by atoms with van der Waals surface area (Å²) >= 11 is 5.75. The fourth-order valence-electron chi connectivity index (χ4n) is 1.42. The molecule has 19 heavy (non-hydrogen) atoms. The van der Waals surface area contributed by atoms with Gasteiger partial charge >= 0.3 is 0 Å². The normalized spacial score (nSPS) is 12.2. The number of nitro groups is 1. The summed E-state index contributed by atoms with van der Waals surface area (Å²) in [5.74, 6) is 0.394. The second kappa shape index (κ2) is 7.93. The average Bonchev–Trinajstić information content (AvgIpc) is 2.36. The summed E-state index contributed by atoms with van der Waals surface area (Å²) in [7, 11) is 0. The highest BCUT2D eigenvalue weighted by Crippen LogP contribution is 2.28. The van der Waals surface area contributed by atoms with Crippen LogP contribution in [-0.4, -0.2) is 35.8 Å². The molecule has 1 rings (SSSR count). The van der Waals surface area contributed by atoms with Gasteiger partial charge in [0.05, 0.1) is 4.92 Å². The number of aliphatic hydroxyl groups excluding tert-OH is 1. The van der Waals surface area contributed by atoms with E-state index in [9.17, 15) is 15.2 Å². The number of nitrogens with one attached hydrogen (secondary N) is 1. The zero-order valence-electron chi connectivity index (χ0n) is 10.6. The Morgan fingerprint density at radius 3 is 2.89 bits per heavy atom. The van der Waals surface area contributed by atoms with E-state index in [4.69, 9.17) is 16.3 Å². The van der Waals surface area contributed by atoms with Crippen LogP contribution in [-0.2, 0) is 0 Å². The Morgan fingerprint density at radius 2 is 2.32 bits per heavy atom. The molecule has 0 radical (unpaired) electrons. The number of ether oxygens (including phenoxy) is 1. The minimum atomic E-state index is -0.638. The molecule has 0 aromatic heterocycles. The number of hydrogen-bond donors (Lipinski definition) is 2. The van der Waals surface area contributed by atoms with Gasteiger partial charge in [0.15, 0.2) is 0 Å². The first-order valence-electron chi connectivity index (χ1n) is 6.00. The van der Waals surface area contributed by atoms with Crippen molar-refractivity contribution in [2.75, 3.05) is 19.7 Å². The Bertz CT molecular complexity index is 428. The third-order valence-electron chi connectivity index (χ3n) is 2.36. The molecule has 0 fully saturated rings. The van der Waals surface area contributed by atoms with E-state index in [0.717, 1.165) is 13.0 Å². The van der Waals surface area contributed by atoms with Gasteiger partial charge in [-0.15, -0.1) is 0 Å². The lowest BCUT2D eigenvalue weighted by Crippen LogP contribution is -2.31. The molecule has 1 unspecified atom stereocenters. The highest BCUT2D eigenvalue weighted by molar-refractivity contribution is 6.32. The van der Waals surface area contributed by atoms with Crippen LogP contribution in [0.25, 0.3) is 0 Å². The van der Waals surface area contributed by atoms with Crippen molar-refractivity contribution >= 4 is 17.3 Å². The maximum Gasteiger partial charge on any atom is 0.288 e. The maximum atomic E-state index is 10.6. The second-order valence-corrected chi connectivity index (χ2v) is 4.45. The van der Waals surface area contributed by atoms with Crippen molar-refractivity contribution in [2.24, 2.45) is 0 Å². The largest absolute Gasteiger partial charge is 0.491 e. The predicted octanol–water partition coefficient (Wildman–Crippen LogP) is 1.99. The van der Waals surface area contributed by atoms with Crippen molar-refractivity contribution in [1.29, 1.82) is 0 Å². The van der Waals surface area contributed by atoms with E-state index in [-0.39, 0.29) is 17.3 Å². The van der Waals surface area contributed by atoms with Crippen LogP contribution < -0.4 is 10.1 Å². The van der Waals surface area contributed by atoms with Gasteiger partial charge in [0, 0.05) is 18.7 Å². The van der Waals surface area contributed by atoms with Gasteiger partial charge in [-0.2, -0.15) is 0 Å². The van der Waals surface area contributed by atoms with Crippen molar-refractivity contribution in [3.05, 3.63) is 33.3 Å². The fourth-order valence-corrected chi connectivity index (χ4v) is 1.66. The van der Waals surface area contributed by atoms with Crippen molar-refractivity contribution in [3.8, 4) is 5.75 Å². The number of benzene rings is 1. The Morgan fingerprint density at radius 1 is 1.58 bits per heavy atom. The number of hydrogen-bond acceptors (Lipinski definition) is 5. The van der Waals surface area contributed by atoms with Gasteiger partial charge in [-0.25, -0.2) is 0 Å². The monoisotopic (exact) mass is 288 g/mol. The summed E-state index contributed by atoms with van der Waals surface area (Å²) in [5.41, 5.74) is -0.167. The quantitative estimate of drug-likeness (QED) is 0.434. The van der Waals surface area contributed by atoms with Crippen LogP contribution in [0.5, 0.6) is 5.75 Å². The summed E-state index contributed by atoms with van der Waals surface area (Å²) < 4.78 is 5.32. The topological polar surface area (TPSA) is 84.6 Å². The molecule has 2 N–H and O–H groups in total. The van der Waals surface area contributed by atoms with Crippen LogP contribution >= 0.6 is 11.6 Å². The number of halogens is 1. The SMILES string of the molecule is CCCNCC(O)COc1ccc([N+](=O)[O-])c(Cl)c1. The van der Waals surface area contributed by atoms with Crippen molar-refractivity contribution in [1.82, 2.24) is 5.32 Å². The molecule has 0 amide bonds. The molecule has 106 valence electrons. The zero-order valence-corrected chi connectivity index (χ0v) is 11.4. The van der Waals surface area contributed by atoms with E-state index in [1.807, 2.05) is 6.92 Å². The summed E-state index contributed by atoms with van der Waals surface area (Å²) in [6.07, 6.45) is 0.353. The van der Waals surface area contributed by atoms with Crippen LogP contribution in [0.3, 0.4) is 0 Å². The summed E-state index contributed by atoms with van der Waals surface area (Å²) in [6.45, 7) is 3.41. The molecule has 0 aliphatic rings. The molecule has 0 spiro atoms. The first kappa shape index (κ1) is 15.7. The van der Waals surface area contributed by atoms with E-state index in [2.05, 4.69) is 5.32 Å². The van der Waals surface area contributed by atoms with Crippen molar-refractivity contribution < 1.29 is 14.8 Å². The van der Waals surface area contributed by atoms with E-state index >= 15 is 0 Å². The molecule has 0 bridgehead atoms. The minimum absolute atomic E-state index is 0.0149. The molecule has 6 nitrogen and oxygen atoms in total. The lowest BCUT2D eigenvalue weighted by atomic mass is 10.3. The number of nitrogens with zero attached hydrogens (tertiary/aromatic N) is 1. The lowest BCUT2D eigenvalue weighted by molar-refractivity contribution is -0.384. The van der Waals surface area contributed by atoms with E-state index in [0.29, 0.717) is 12.3 Å². The highest BCUT2D eigenvalue weighted by Gasteiger charge is 2.13. The number of nitro benzene ring substituents is 1. The third-order valence-corrected chi connectivity index (χ3v) is 2.67. The van der Waals surface area contributed by atoms with Gasteiger partial charge in [0.1, 0.15) is 23.5 Å².